The van der Waals surface area contributed by atoms with Gasteiger partial charge in [-0.15, -0.1) is 11.8 Å². The van der Waals surface area contributed by atoms with E-state index in [0.29, 0.717) is 0 Å². The molecule has 1 aliphatic carbocycles. The van der Waals surface area contributed by atoms with Crippen LogP contribution >= 0.6 is 11.8 Å². The quantitative estimate of drug-likeness (QED) is 0.776. The summed E-state index contributed by atoms with van der Waals surface area (Å²) in [5.41, 5.74) is 1.16. The molecule has 2 rings (SSSR count). The molecule has 1 aromatic rings. The Bertz CT molecular complexity index is 345. The van der Waals surface area contributed by atoms with Crippen LogP contribution in [0.4, 0.5) is 0 Å². The molecule has 0 radical (unpaired) electrons. The maximum Gasteiger partial charge on any atom is 0.307 e. The molecule has 0 aliphatic heterocycles. The monoisotopic (exact) mass is 208 g/mol. The third-order valence-corrected chi connectivity index (χ3v) is 3.40. The van der Waals surface area contributed by atoms with Gasteiger partial charge in [0.15, 0.2) is 0 Å². The predicted octanol–water partition coefficient (Wildman–Crippen LogP) is 2.60. The van der Waals surface area contributed by atoms with Crippen molar-refractivity contribution in [1.29, 1.82) is 0 Å². The fraction of sp³-hybridized carbons (Fsp3) is 0.364. The van der Waals surface area contributed by atoms with Gasteiger partial charge in [-0.05, 0) is 36.3 Å². The van der Waals surface area contributed by atoms with Gasteiger partial charge in [0.2, 0.25) is 0 Å². The Kier molecular flexibility index (Phi) is 2.50. The molecule has 1 saturated carbocycles. The molecule has 2 nitrogen and oxygen atoms in total. The van der Waals surface area contributed by atoms with Crippen LogP contribution in [0.1, 0.15) is 17.9 Å². The Morgan fingerprint density at radius 1 is 1.43 bits per heavy atom. The summed E-state index contributed by atoms with van der Waals surface area (Å²) in [7, 11) is 0. The third kappa shape index (κ3) is 1.77. The molecule has 14 heavy (non-hydrogen) atoms. The molecule has 1 aliphatic rings. The highest BCUT2D eigenvalue weighted by atomic mass is 32.2. The van der Waals surface area contributed by atoms with Gasteiger partial charge in [-0.3, -0.25) is 4.79 Å². The van der Waals surface area contributed by atoms with Crippen LogP contribution in [0.15, 0.2) is 29.2 Å². The zero-order valence-electron chi connectivity index (χ0n) is 7.93. The van der Waals surface area contributed by atoms with Crippen LogP contribution < -0.4 is 0 Å². The van der Waals surface area contributed by atoms with Gasteiger partial charge in [0.25, 0.3) is 0 Å². The highest BCUT2D eigenvalue weighted by molar-refractivity contribution is 7.98. The van der Waals surface area contributed by atoms with Crippen molar-refractivity contribution in [2.75, 3.05) is 6.26 Å². The number of benzene rings is 1. The van der Waals surface area contributed by atoms with Gasteiger partial charge in [-0.1, -0.05) is 12.1 Å². The maximum absolute atomic E-state index is 10.7. The molecule has 74 valence electrons. The SMILES string of the molecule is CSc1ccc([C@@H]2C[C@H]2C(=O)O)cc1. The molecular formula is C11H12O2S. The molecule has 0 amide bonds. The Morgan fingerprint density at radius 3 is 2.50 bits per heavy atom. The standard InChI is InChI=1S/C11H12O2S/c1-14-8-4-2-7(3-5-8)9-6-10(9)11(12)13/h2-5,9-10H,6H2,1H3,(H,12,13)/t9-,10+/m0/s1. The summed E-state index contributed by atoms with van der Waals surface area (Å²) >= 11 is 1.70. The molecule has 0 bridgehead atoms. The zero-order chi connectivity index (χ0) is 10.1. The summed E-state index contributed by atoms with van der Waals surface area (Å²) in [5.74, 6) is -0.553. The van der Waals surface area contributed by atoms with E-state index in [1.165, 1.54) is 4.90 Å². The molecule has 0 spiro atoms. The molecule has 0 saturated heterocycles. The Hall–Kier alpha value is -0.960. The molecule has 3 heteroatoms. The molecule has 1 N–H and O–H groups in total. The van der Waals surface area contributed by atoms with Gasteiger partial charge in [0.05, 0.1) is 5.92 Å². The number of hydrogen-bond acceptors (Lipinski definition) is 2. The number of rotatable bonds is 3. The molecule has 0 unspecified atom stereocenters. The molecule has 2 atom stereocenters. The Balaban J connectivity index is 2.08. The molecular weight excluding hydrogens is 196 g/mol. The van der Waals surface area contributed by atoms with Crippen LogP contribution in [0.2, 0.25) is 0 Å². The zero-order valence-corrected chi connectivity index (χ0v) is 8.75. The van der Waals surface area contributed by atoms with E-state index in [9.17, 15) is 4.79 Å². The van der Waals surface area contributed by atoms with Crippen LogP contribution in [0, 0.1) is 5.92 Å². The lowest BCUT2D eigenvalue weighted by Gasteiger charge is -2.00. The Labute approximate surface area is 87.3 Å². The summed E-state index contributed by atoms with van der Waals surface area (Å²) in [5, 5.41) is 8.78. The van der Waals surface area contributed by atoms with Crippen molar-refractivity contribution < 1.29 is 9.90 Å². The van der Waals surface area contributed by atoms with E-state index in [4.69, 9.17) is 5.11 Å². The minimum Gasteiger partial charge on any atom is -0.481 e. The molecule has 0 heterocycles. The van der Waals surface area contributed by atoms with E-state index in [2.05, 4.69) is 12.1 Å². The molecule has 1 aromatic carbocycles. The van der Waals surface area contributed by atoms with Gasteiger partial charge >= 0.3 is 5.97 Å². The summed E-state index contributed by atoms with van der Waals surface area (Å²) < 4.78 is 0. The van der Waals surface area contributed by atoms with E-state index in [-0.39, 0.29) is 11.8 Å². The van der Waals surface area contributed by atoms with Crippen molar-refractivity contribution in [3.8, 4) is 0 Å². The largest absolute Gasteiger partial charge is 0.481 e. The first-order valence-electron chi connectivity index (χ1n) is 4.59. The van der Waals surface area contributed by atoms with Gasteiger partial charge in [0, 0.05) is 4.90 Å². The van der Waals surface area contributed by atoms with Gasteiger partial charge in [0.1, 0.15) is 0 Å². The predicted molar refractivity (Wildman–Crippen MR) is 56.7 cm³/mol. The average molecular weight is 208 g/mol. The Morgan fingerprint density at radius 2 is 2.07 bits per heavy atom. The van der Waals surface area contributed by atoms with Gasteiger partial charge in [-0.25, -0.2) is 0 Å². The van der Waals surface area contributed by atoms with Crippen LogP contribution in [0.5, 0.6) is 0 Å². The fourth-order valence-electron chi connectivity index (χ4n) is 1.69. The smallest absolute Gasteiger partial charge is 0.307 e. The fourth-order valence-corrected chi connectivity index (χ4v) is 2.10. The lowest BCUT2D eigenvalue weighted by atomic mass is 10.1. The van der Waals surface area contributed by atoms with E-state index in [0.717, 1.165) is 12.0 Å². The van der Waals surface area contributed by atoms with Crippen LogP contribution in [-0.2, 0) is 4.79 Å². The van der Waals surface area contributed by atoms with Crippen molar-refractivity contribution in [1.82, 2.24) is 0 Å². The number of thioether (sulfide) groups is 1. The topological polar surface area (TPSA) is 37.3 Å². The second-order valence-electron chi connectivity index (χ2n) is 3.56. The van der Waals surface area contributed by atoms with E-state index >= 15 is 0 Å². The van der Waals surface area contributed by atoms with Crippen molar-refractivity contribution in [2.24, 2.45) is 5.92 Å². The summed E-state index contributed by atoms with van der Waals surface area (Å²) in [4.78, 5) is 11.9. The third-order valence-electron chi connectivity index (χ3n) is 2.65. The summed E-state index contributed by atoms with van der Waals surface area (Å²) in [6.45, 7) is 0. The average Bonchev–Trinajstić information content (AvgIpc) is 2.97. The van der Waals surface area contributed by atoms with Gasteiger partial charge in [-0.2, -0.15) is 0 Å². The number of carbonyl (C=O) groups is 1. The summed E-state index contributed by atoms with van der Waals surface area (Å²) in [6, 6.07) is 8.19. The normalized spacial score (nSPS) is 24.6. The van der Waals surface area contributed by atoms with Crippen LogP contribution in [-0.4, -0.2) is 17.3 Å². The highest BCUT2D eigenvalue weighted by Gasteiger charge is 2.43. The first kappa shape index (κ1) is 9.59. The maximum atomic E-state index is 10.7. The van der Waals surface area contributed by atoms with Crippen molar-refractivity contribution in [3.05, 3.63) is 29.8 Å². The minimum absolute atomic E-state index is 0.143. The highest BCUT2D eigenvalue weighted by Crippen LogP contribution is 2.47. The number of carboxylic acids is 1. The van der Waals surface area contributed by atoms with Crippen LogP contribution in [0.25, 0.3) is 0 Å². The second kappa shape index (κ2) is 3.65. The van der Waals surface area contributed by atoms with Crippen LogP contribution in [0.3, 0.4) is 0 Å². The van der Waals surface area contributed by atoms with E-state index in [1.54, 1.807) is 11.8 Å². The summed E-state index contributed by atoms with van der Waals surface area (Å²) in [6.07, 6.45) is 2.83. The minimum atomic E-state index is -0.663. The lowest BCUT2D eigenvalue weighted by molar-refractivity contribution is -0.138. The van der Waals surface area contributed by atoms with Crippen molar-refractivity contribution in [3.63, 3.8) is 0 Å². The van der Waals surface area contributed by atoms with E-state index in [1.807, 2.05) is 18.4 Å². The first-order valence-corrected chi connectivity index (χ1v) is 5.81. The molecule has 1 fully saturated rings. The first-order chi connectivity index (χ1) is 6.72. The van der Waals surface area contributed by atoms with Crippen molar-refractivity contribution >= 4 is 17.7 Å². The lowest BCUT2D eigenvalue weighted by Crippen LogP contribution is -1.98. The van der Waals surface area contributed by atoms with Gasteiger partial charge < -0.3 is 5.11 Å². The van der Waals surface area contributed by atoms with Crippen molar-refractivity contribution in [2.45, 2.75) is 17.2 Å². The second-order valence-corrected chi connectivity index (χ2v) is 4.44. The number of carboxylic acid groups (broad SMARTS) is 1. The molecule has 0 aromatic heterocycles. The van der Waals surface area contributed by atoms with E-state index < -0.39 is 5.97 Å². The number of hydrogen-bond donors (Lipinski definition) is 1. The number of aliphatic carboxylic acids is 1.